The minimum atomic E-state index is -4.02. The van der Waals surface area contributed by atoms with Gasteiger partial charge < -0.3 is 24.4 Å². The van der Waals surface area contributed by atoms with E-state index >= 15 is 0 Å². The molecule has 0 heterocycles. The average Bonchev–Trinajstić information content (AvgIpc) is 2.98. The Morgan fingerprint density at radius 2 is 1.45 bits per heavy atom. The molecule has 3 aromatic rings. The molecule has 0 spiro atoms. The van der Waals surface area contributed by atoms with Gasteiger partial charge in [0, 0.05) is 23.9 Å². The molecule has 0 saturated carbocycles. The summed E-state index contributed by atoms with van der Waals surface area (Å²) in [4.78, 5) is 57.6. The number of nitrogens with one attached hydrogen (secondary N) is 2. The van der Waals surface area contributed by atoms with E-state index in [0.717, 1.165) is 17.2 Å². The van der Waals surface area contributed by atoms with E-state index < -0.39 is 48.8 Å². The number of hydrogen-bond donors (Lipinski definition) is 3. The summed E-state index contributed by atoms with van der Waals surface area (Å²) in [5, 5.41) is 15.9. The highest BCUT2D eigenvalue weighted by Gasteiger charge is 2.30. The average molecular weight is 600 g/mol. The van der Waals surface area contributed by atoms with Crippen molar-refractivity contribution in [3.8, 4) is 0 Å². The van der Waals surface area contributed by atoms with Crippen LogP contribution in [0.1, 0.15) is 30.0 Å². The van der Waals surface area contributed by atoms with E-state index in [1.165, 1.54) is 19.1 Å². The molecule has 222 valence electrons. The zero-order chi connectivity index (χ0) is 30.5. The van der Waals surface area contributed by atoms with Crippen LogP contribution in [0, 0.1) is 10.1 Å². The van der Waals surface area contributed by atoms with Crippen LogP contribution in [-0.2, 0) is 43.4 Å². The van der Waals surface area contributed by atoms with Crippen molar-refractivity contribution in [1.82, 2.24) is 5.32 Å². The van der Waals surface area contributed by atoms with Crippen LogP contribution < -0.4 is 10.6 Å². The van der Waals surface area contributed by atoms with Crippen LogP contribution in [0.25, 0.3) is 0 Å². The van der Waals surface area contributed by atoms with E-state index in [4.69, 9.17) is 14.2 Å². The smallest absolute Gasteiger partial charge is 0.411 e. The second-order valence-corrected chi connectivity index (χ2v) is 11.8. The van der Waals surface area contributed by atoms with Crippen molar-refractivity contribution in [3.05, 3.63) is 106 Å². The minimum Gasteiger partial charge on any atom is -0.461 e. The van der Waals surface area contributed by atoms with Crippen LogP contribution in [-0.4, -0.2) is 39.9 Å². The molecule has 13 nitrogen and oxygen atoms in total. The number of nitro benzene ring substituents is 1. The van der Waals surface area contributed by atoms with Crippen LogP contribution in [0.5, 0.6) is 0 Å². The van der Waals surface area contributed by atoms with Gasteiger partial charge in [-0.2, -0.15) is 0 Å². The van der Waals surface area contributed by atoms with Gasteiger partial charge in [0.25, 0.3) is 5.69 Å². The van der Waals surface area contributed by atoms with Crippen molar-refractivity contribution < 1.29 is 43.0 Å². The fourth-order valence-electron chi connectivity index (χ4n) is 3.50. The van der Waals surface area contributed by atoms with Gasteiger partial charge in [0.2, 0.25) is 7.37 Å². The summed E-state index contributed by atoms with van der Waals surface area (Å²) in [5.41, 5.74) is 1.39. The van der Waals surface area contributed by atoms with Gasteiger partial charge in [-0.25, -0.2) is 9.59 Å². The summed E-state index contributed by atoms with van der Waals surface area (Å²) in [6.45, 7) is 0.874. The Labute approximate surface area is 241 Å². The summed E-state index contributed by atoms with van der Waals surface area (Å²) in [6.07, 6.45) is -2.70. The number of ether oxygens (including phenoxy) is 3. The monoisotopic (exact) mass is 599 g/mol. The van der Waals surface area contributed by atoms with Crippen molar-refractivity contribution in [2.24, 2.45) is 0 Å². The normalized spacial score (nSPS) is 12.7. The van der Waals surface area contributed by atoms with Gasteiger partial charge in [0.1, 0.15) is 25.6 Å². The third-order valence-corrected chi connectivity index (χ3v) is 8.13. The van der Waals surface area contributed by atoms with Gasteiger partial charge in [-0.05, 0) is 24.1 Å². The molecule has 0 aromatic heterocycles. The molecule has 2 amide bonds. The molecule has 2 atom stereocenters. The van der Waals surface area contributed by atoms with E-state index in [1.54, 1.807) is 54.6 Å². The first-order valence-electron chi connectivity index (χ1n) is 12.7. The number of nitrogens with zero attached hydrogens (tertiary/aromatic N) is 1. The van der Waals surface area contributed by atoms with Gasteiger partial charge in [-0.3, -0.25) is 24.8 Å². The second-order valence-electron chi connectivity index (χ2n) is 9.06. The zero-order valence-corrected chi connectivity index (χ0v) is 23.5. The minimum absolute atomic E-state index is 0.00488. The summed E-state index contributed by atoms with van der Waals surface area (Å²) in [6, 6.07) is 21.3. The summed E-state index contributed by atoms with van der Waals surface area (Å²) in [7, 11) is -4.02. The predicted octanol–water partition coefficient (Wildman–Crippen LogP) is 5.32. The topological polar surface area (TPSA) is 183 Å². The number of nitro groups is 1. The third kappa shape index (κ3) is 10.3. The summed E-state index contributed by atoms with van der Waals surface area (Å²) in [5.74, 6) is -2.03. The number of benzene rings is 3. The highest BCUT2D eigenvalue weighted by molar-refractivity contribution is 7.58. The Morgan fingerprint density at radius 1 is 0.881 bits per heavy atom. The van der Waals surface area contributed by atoms with E-state index in [9.17, 15) is 34.0 Å². The number of carbonyl (C=O) groups is 3. The van der Waals surface area contributed by atoms with E-state index in [2.05, 4.69) is 10.6 Å². The standard InChI is InChI=1S/C28H30N3O10P/c1-20(29-27(33)40-17-21-8-4-2-5-9-21)42(37,38)15-14-26(32)39-19-23-12-13-24(31(35)36)16-25(23)30-28(34)41-18-22-10-6-3-7-11-22/h2-13,16,20H,14-15,17-19H2,1H3,(H,29,33)(H,30,34)(H,37,38). The molecule has 0 saturated heterocycles. The molecule has 3 aromatic carbocycles. The number of hydrogen-bond acceptors (Lipinski definition) is 9. The maximum atomic E-state index is 12.7. The summed E-state index contributed by atoms with van der Waals surface area (Å²) < 4.78 is 28.1. The van der Waals surface area contributed by atoms with Crippen LogP contribution in [0.2, 0.25) is 0 Å². The lowest BCUT2D eigenvalue weighted by molar-refractivity contribution is -0.384. The highest BCUT2D eigenvalue weighted by atomic mass is 31.2. The molecule has 0 bridgehead atoms. The maximum absolute atomic E-state index is 12.7. The van der Waals surface area contributed by atoms with Crippen molar-refractivity contribution >= 4 is 36.9 Å². The molecule has 3 N–H and O–H groups in total. The number of alkyl carbamates (subject to hydrolysis) is 1. The first kappa shape index (κ1) is 31.8. The van der Waals surface area contributed by atoms with E-state index in [0.29, 0.717) is 0 Å². The number of esters is 1. The molecule has 2 unspecified atom stereocenters. The second kappa shape index (κ2) is 15.3. The van der Waals surface area contributed by atoms with Crippen molar-refractivity contribution in [1.29, 1.82) is 0 Å². The molecular formula is C28H30N3O10P. The van der Waals surface area contributed by atoms with E-state index in [1.807, 2.05) is 6.07 Å². The first-order valence-corrected chi connectivity index (χ1v) is 14.6. The van der Waals surface area contributed by atoms with Crippen LogP contribution in [0.15, 0.2) is 78.9 Å². The van der Waals surface area contributed by atoms with Crippen molar-refractivity contribution in [3.63, 3.8) is 0 Å². The van der Waals surface area contributed by atoms with Gasteiger partial charge >= 0.3 is 18.2 Å². The Kier molecular flexibility index (Phi) is 11.6. The van der Waals surface area contributed by atoms with Gasteiger partial charge in [0.15, 0.2) is 0 Å². The number of rotatable bonds is 13. The van der Waals surface area contributed by atoms with Crippen molar-refractivity contribution in [2.45, 2.75) is 38.9 Å². The Hall–Kier alpha value is -4.74. The lowest BCUT2D eigenvalue weighted by atomic mass is 10.1. The first-order chi connectivity index (χ1) is 20.0. The molecule has 0 fully saturated rings. The Bertz CT molecular complexity index is 1440. The third-order valence-electron chi connectivity index (χ3n) is 5.92. The van der Waals surface area contributed by atoms with Gasteiger partial charge in [-0.15, -0.1) is 0 Å². The fourth-order valence-corrected chi connectivity index (χ4v) is 4.70. The fraction of sp³-hybridized carbons (Fsp3) is 0.250. The molecular weight excluding hydrogens is 569 g/mol. The highest BCUT2D eigenvalue weighted by Crippen LogP contribution is 2.45. The lowest BCUT2D eigenvalue weighted by Crippen LogP contribution is -2.33. The number of amides is 2. The number of anilines is 1. The molecule has 14 heteroatoms. The maximum Gasteiger partial charge on any atom is 0.411 e. The molecule has 3 rings (SSSR count). The zero-order valence-electron chi connectivity index (χ0n) is 22.6. The largest absolute Gasteiger partial charge is 0.461 e. The molecule has 0 radical (unpaired) electrons. The molecule has 0 aliphatic rings. The quantitative estimate of drug-likeness (QED) is 0.0764. The Morgan fingerprint density at radius 3 is 2.02 bits per heavy atom. The number of carbonyl (C=O) groups excluding carboxylic acids is 3. The van der Waals surface area contributed by atoms with Gasteiger partial charge in [-0.1, -0.05) is 60.7 Å². The number of non-ortho nitro benzene ring substituents is 1. The molecule has 0 aliphatic heterocycles. The lowest BCUT2D eigenvalue weighted by Gasteiger charge is -2.20. The SMILES string of the molecule is CC(NC(=O)OCc1ccccc1)P(=O)(O)CCC(=O)OCc1ccc([N+](=O)[O-])cc1NC(=O)OCc1ccccc1. The molecule has 42 heavy (non-hydrogen) atoms. The van der Waals surface area contributed by atoms with Crippen molar-refractivity contribution in [2.75, 3.05) is 11.5 Å². The van der Waals surface area contributed by atoms with Crippen LogP contribution in [0.4, 0.5) is 21.0 Å². The molecule has 0 aliphatic carbocycles. The van der Waals surface area contributed by atoms with Crippen LogP contribution in [0.3, 0.4) is 0 Å². The predicted molar refractivity (Wildman–Crippen MR) is 152 cm³/mol. The van der Waals surface area contributed by atoms with Crippen LogP contribution >= 0.6 is 7.37 Å². The Balaban J connectivity index is 1.50. The van der Waals surface area contributed by atoms with E-state index in [-0.39, 0.29) is 36.8 Å². The summed E-state index contributed by atoms with van der Waals surface area (Å²) >= 11 is 0. The van der Waals surface area contributed by atoms with Gasteiger partial charge in [0.05, 0.1) is 17.0 Å².